The number of alkyl halides is 1. The van der Waals surface area contributed by atoms with Crippen LogP contribution in [0, 0.1) is 0 Å². The molecule has 0 aliphatic heterocycles. The number of ether oxygens (including phenoxy) is 2. The number of carbonyl (C=O) groups is 2. The number of rotatable bonds is 13. The van der Waals surface area contributed by atoms with Gasteiger partial charge >= 0.3 is 11.9 Å². The Morgan fingerprint density at radius 2 is 0.932 bits per heavy atom. The molecule has 0 aromatic heterocycles. The summed E-state index contributed by atoms with van der Waals surface area (Å²) in [5.74, 6) is -0.851. The second-order valence-electron chi connectivity index (χ2n) is 13.3. The lowest BCUT2D eigenvalue weighted by Crippen LogP contribution is -2.26. The van der Waals surface area contributed by atoms with E-state index < -0.39 is 17.4 Å². The molecule has 2 N–H and O–H groups in total. The zero-order valence-electron chi connectivity index (χ0n) is 30.1. The molecule has 0 aliphatic rings. The summed E-state index contributed by atoms with van der Waals surface area (Å²) in [6.45, 7) is 2.51. The van der Waals surface area contributed by atoms with Crippen molar-refractivity contribution in [2.45, 2.75) is 25.6 Å². The predicted octanol–water partition coefficient (Wildman–Crippen LogP) is 17.1. The predicted molar refractivity (Wildman–Crippen MR) is 269 cm³/mol. The summed E-state index contributed by atoms with van der Waals surface area (Å²) in [6, 6.07) is 27.8. The van der Waals surface area contributed by atoms with Crippen molar-refractivity contribution in [3.05, 3.63) is 165 Å². The van der Waals surface area contributed by atoms with Crippen molar-refractivity contribution in [2.75, 3.05) is 5.33 Å². The fourth-order valence-electron chi connectivity index (χ4n) is 6.36. The fraction of sp³-hybridized carbons (Fsp3) is 0.116. The highest BCUT2D eigenvalue weighted by Crippen LogP contribution is 2.46. The molecule has 0 bridgehead atoms. The van der Waals surface area contributed by atoms with Crippen LogP contribution in [0.3, 0.4) is 0 Å². The summed E-state index contributed by atoms with van der Waals surface area (Å²) in [5.41, 5.74) is 5.62. The van der Waals surface area contributed by atoms with Crippen molar-refractivity contribution in [1.29, 1.82) is 0 Å². The highest BCUT2D eigenvalue weighted by Gasteiger charge is 2.31. The van der Waals surface area contributed by atoms with Gasteiger partial charge in [0.25, 0.3) is 0 Å². The summed E-state index contributed by atoms with van der Waals surface area (Å²) in [7, 11) is 0. The quantitative estimate of drug-likeness (QED) is 0.112. The Kier molecular flexibility index (Phi) is 16.0. The molecule has 1 atom stereocenters. The largest absolute Gasteiger partial charge is 0.487 e. The minimum Gasteiger partial charge on any atom is -0.487 e. The van der Waals surface area contributed by atoms with E-state index in [1.54, 1.807) is 24.3 Å². The highest BCUT2D eigenvalue weighted by atomic mass is 79.9. The van der Waals surface area contributed by atoms with Crippen LogP contribution in [-0.4, -0.2) is 27.5 Å². The standard InChI is InChI=1S/C43H26Br10O6/c1-43(19-44,22-4-7-26(31(47)10-22)29-8-20(2-5-27(29)41(54)55)17-58-39-34(50)13-24(45)14-35(39)51)23-11-32(48)38(33(49)12-23)30-9-21(3-6-28(30)42(56)57)18-59-40-36(52)15-25(46)16-37(40)53/h2-16H,17-19H2,1H3,(H,54,55)(H,56,57). The first-order chi connectivity index (χ1) is 27.9. The van der Waals surface area contributed by atoms with Crippen LogP contribution in [0.1, 0.15) is 49.9 Å². The molecule has 0 amide bonds. The first kappa shape index (κ1) is 47.1. The summed E-state index contributed by atoms with van der Waals surface area (Å²) in [5, 5.41) is 21.0. The van der Waals surface area contributed by atoms with Gasteiger partial charge in [-0.2, -0.15) is 0 Å². The van der Waals surface area contributed by atoms with E-state index >= 15 is 0 Å². The first-order valence-corrected chi connectivity index (χ1v) is 25.3. The molecule has 6 aromatic rings. The molecule has 59 heavy (non-hydrogen) atoms. The van der Waals surface area contributed by atoms with Gasteiger partial charge in [0.05, 0.1) is 29.0 Å². The second kappa shape index (κ2) is 20.0. The molecule has 0 aliphatic carbocycles. The number of aromatic carboxylic acids is 2. The van der Waals surface area contributed by atoms with Gasteiger partial charge in [-0.3, -0.25) is 0 Å². The average molecular weight is 1440 g/mol. The van der Waals surface area contributed by atoms with Gasteiger partial charge in [0.1, 0.15) is 24.7 Å². The molecule has 0 saturated heterocycles. The number of hydrogen-bond donors (Lipinski definition) is 2. The van der Waals surface area contributed by atoms with E-state index in [9.17, 15) is 19.8 Å². The number of hydrogen-bond acceptors (Lipinski definition) is 4. The van der Waals surface area contributed by atoms with E-state index in [4.69, 9.17) is 9.47 Å². The summed E-state index contributed by atoms with van der Waals surface area (Å²) >= 11 is 36.3. The average Bonchev–Trinajstić information content (AvgIpc) is 3.16. The Bertz CT molecular complexity index is 2580. The van der Waals surface area contributed by atoms with Gasteiger partial charge in [0.15, 0.2) is 0 Å². The van der Waals surface area contributed by atoms with E-state index in [1.165, 1.54) is 0 Å². The van der Waals surface area contributed by atoms with E-state index in [-0.39, 0.29) is 24.3 Å². The maximum atomic E-state index is 12.5. The van der Waals surface area contributed by atoms with E-state index in [2.05, 4.69) is 166 Å². The van der Waals surface area contributed by atoms with Gasteiger partial charge in [-0.25, -0.2) is 9.59 Å². The Morgan fingerprint density at radius 1 is 0.508 bits per heavy atom. The molecule has 6 rings (SSSR count). The third kappa shape index (κ3) is 10.6. The van der Waals surface area contributed by atoms with Crippen molar-refractivity contribution in [1.82, 2.24) is 0 Å². The van der Waals surface area contributed by atoms with Crippen LogP contribution in [-0.2, 0) is 18.6 Å². The third-order valence-corrected chi connectivity index (χ3v) is 15.7. The zero-order valence-corrected chi connectivity index (χ0v) is 45.9. The molecule has 0 radical (unpaired) electrons. The first-order valence-electron chi connectivity index (χ1n) is 17.0. The van der Waals surface area contributed by atoms with Crippen molar-refractivity contribution < 1.29 is 29.3 Å². The molecule has 16 heteroatoms. The Labute approximate surface area is 424 Å². The molecule has 6 nitrogen and oxygen atoms in total. The van der Waals surface area contributed by atoms with Gasteiger partial charge in [0.2, 0.25) is 0 Å². The van der Waals surface area contributed by atoms with Crippen LogP contribution < -0.4 is 9.47 Å². The lowest BCUT2D eigenvalue weighted by molar-refractivity contribution is 0.0687. The van der Waals surface area contributed by atoms with Crippen LogP contribution in [0.4, 0.5) is 0 Å². The smallest absolute Gasteiger partial charge is 0.336 e. The maximum absolute atomic E-state index is 12.5. The molecule has 304 valence electrons. The molecular weight excluding hydrogens is 1410 g/mol. The fourth-order valence-corrected chi connectivity index (χ4v) is 14.2. The van der Waals surface area contributed by atoms with Crippen LogP contribution >= 0.6 is 159 Å². The van der Waals surface area contributed by atoms with E-state index in [1.807, 2.05) is 66.7 Å². The number of halogens is 10. The van der Waals surface area contributed by atoms with Crippen LogP contribution in [0.2, 0.25) is 0 Å². The summed E-state index contributed by atoms with van der Waals surface area (Å²) in [6.07, 6.45) is 0. The van der Waals surface area contributed by atoms with Crippen molar-refractivity contribution in [3.8, 4) is 33.8 Å². The van der Waals surface area contributed by atoms with Crippen molar-refractivity contribution in [3.63, 3.8) is 0 Å². The van der Waals surface area contributed by atoms with Gasteiger partial charge in [0, 0.05) is 38.7 Å². The van der Waals surface area contributed by atoms with Crippen LogP contribution in [0.5, 0.6) is 11.5 Å². The van der Waals surface area contributed by atoms with E-state index in [0.29, 0.717) is 52.5 Å². The molecule has 0 saturated carbocycles. The summed E-state index contributed by atoms with van der Waals surface area (Å²) in [4.78, 5) is 25.0. The van der Waals surface area contributed by atoms with Gasteiger partial charge in [-0.05, 0) is 169 Å². The van der Waals surface area contributed by atoms with E-state index in [0.717, 1.165) is 49.1 Å². The molecule has 1 unspecified atom stereocenters. The molecule has 0 heterocycles. The van der Waals surface area contributed by atoms with Crippen molar-refractivity contribution >= 4 is 171 Å². The van der Waals surface area contributed by atoms with Gasteiger partial charge < -0.3 is 19.7 Å². The van der Waals surface area contributed by atoms with Crippen molar-refractivity contribution in [2.24, 2.45) is 0 Å². The monoisotopic (exact) mass is 1430 g/mol. The molecular formula is C43H26Br10O6. The lowest BCUT2D eigenvalue weighted by Gasteiger charge is -2.31. The summed E-state index contributed by atoms with van der Waals surface area (Å²) < 4.78 is 19.2. The lowest BCUT2D eigenvalue weighted by atomic mass is 9.77. The number of carboxylic acids is 2. The topological polar surface area (TPSA) is 93.1 Å². The molecule has 0 fully saturated rings. The second-order valence-corrected chi connectivity index (χ2v) is 21.7. The SMILES string of the molecule is CC(CBr)(c1ccc(-c2cc(COc3c(Br)cc(Br)cc3Br)ccc2C(=O)O)c(Br)c1)c1cc(Br)c(-c2cc(COc3c(Br)cc(Br)cc3Br)ccc2C(=O)O)c(Br)c1. The normalized spacial score (nSPS) is 12.3. The maximum Gasteiger partial charge on any atom is 0.336 e. The van der Waals surface area contributed by atoms with Gasteiger partial charge in [-0.15, -0.1) is 0 Å². The highest BCUT2D eigenvalue weighted by molar-refractivity contribution is 9.12. The molecule has 0 spiro atoms. The Balaban J connectivity index is 1.33. The van der Waals surface area contributed by atoms with Crippen LogP contribution in [0.15, 0.2) is 131 Å². The van der Waals surface area contributed by atoms with Crippen LogP contribution in [0.25, 0.3) is 22.3 Å². The minimum atomic E-state index is -1.06. The zero-order chi connectivity index (χ0) is 42.9. The Morgan fingerprint density at radius 3 is 1.36 bits per heavy atom. The van der Waals surface area contributed by atoms with Gasteiger partial charge in [-0.1, -0.05) is 127 Å². The molecule has 6 aromatic carbocycles. The number of benzene rings is 6. The Hall–Kier alpha value is -1.34. The number of carboxylic acid groups (broad SMARTS) is 2. The third-order valence-electron chi connectivity index (χ3n) is 9.43. The minimum absolute atomic E-state index is 0.141.